The summed E-state index contributed by atoms with van der Waals surface area (Å²) in [5.41, 5.74) is 7.08. The monoisotopic (exact) mass is 210 g/mol. The summed E-state index contributed by atoms with van der Waals surface area (Å²) in [6, 6.07) is 5.55. The Labute approximate surface area is 86.9 Å². The molecule has 1 atom stereocenters. The minimum Gasteiger partial charge on any atom is -0.439 e. The first kappa shape index (κ1) is 9.49. The maximum Gasteiger partial charge on any atom is 0.197 e. The van der Waals surface area contributed by atoms with E-state index in [-0.39, 0.29) is 6.04 Å². The van der Waals surface area contributed by atoms with Crippen LogP contribution in [0, 0.1) is 0 Å². The summed E-state index contributed by atoms with van der Waals surface area (Å²) in [5, 5.41) is 0.589. The highest BCUT2D eigenvalue weighted by atomic mass is 35.5. The summed E-state index contributed by atoms with van der Waals surface area (Å²) in [7, 11) is 0. The number of oxazole rings is 1. The van der Waals surface area contributed by atoms with Crippen LogP contribution in [0.15, 0.2) is 22.6 Å². The molecular formula is C10H11ClN2O. The van der Waals surface area contributed by atoms with Crippen LogP contribution < -0.4 is 5.73 Å². The number of hydrogen-bond donors (Lipinski definition) is 1. The predicted molar refractivity (Wildman–Crippen MR) is 56.4 cm³/mol. The van der Waals surface area contributed by atoms with E-state index in [1.807, 2.05) is 19.1 Å². The van der Waals surface area contributed by atoms with Crippen molar-refractivity contribution in [2.24, 2.45) is 5.73 Å². The van der Waals surface area contributed by atoms with Crippen molar-refractivity contribution in [2.75, 3.05) is 0 Å². The Bertz CT molecular complexity index is 450. The van der Waals surface area contributed by atoms with E-state index >= 15 is 0 Å². The average molecular weight is 211 g/mol. The number of nitrogens with zero attached hydrogens (tertiary/aromatic N) is 1. The van der Waals surface area contributed by atoms with Gasteiger partial charge < -0.3 is 10.2 Å². The summed E-state index contributed by atoms with van der Waals surface area (Å²) in [4.78, 5) is 4.28. The molecule has 0 aliphatic carbocycles. The lowest BCUT2D eigenvalue weighted by Gasteiger charge is -1.97. The summed E-state index contributed by atoms with van der Waals surface area (Å²) in [6.07, 6.45) is 0.630. The maximum atomic E-state index is 5.94. The van der Waals surface area contributed by atoms with Gasteiger partial charge in [-0.1, -0.05) is 17.7 Å². The molecule has 0 saturated heterocycles. The van der Waals surface area contributed by atoms with E-state index in [1.165, 1.54) is 0 Å². The van der Waals surface area contributed by atoms with Crippen molar-refractivity contribution in [3.63, 3.8) is 0 Å². The van der Waals surface area contributed by atoms with Crippen LogP contribution in [0.5, 0.6) is 0 Å². The zero-order valence-corrected chi connectivity index (χ0v) is 8.58. The van der Waals surface area contributed by atoms with Crippen LogP contribution in [0.3, 0.4) is 0 Å². The Hall–Kier alpha value is -1.06. The van der Waals surface area contributed by atoms with E-state index in [9.17, 15) is 0 Å². The molecule has 0 bridgehead atoms. The van der Waals surface area contributed by atoms with Crippen LogP contribution in [0.25, 0.3) is 11.1 Å². The summed E-state index contributed by atoms with van der Waals surface area (Å²) in [6.45, 7) is 1.91. The first-order chi connectivity index (χ1) is 6.66. The van der Waals surface area contributed by atoms with E-state index in [4.69, 9.17) is 21.8 Å². The Morgan fingerprint density at radius 1 is 1.57 bits per heavy atom. The number of rotatable bonds is 2. The van der Waals surface area contributed by atoms with Crippen LogP contribution in [0.4, 0.5) is 0 Å². The van der Waals surface area contributed by atoms with Crippen molar-refractivity contribution in [3.8, 4) is 0 Å². The second kappa shape index (κ2) is 3.59. The summed E-state index contributed by atoms with van der Waals surface area (Å²) < 4.78 is 5.49. The van der Waals surface area contributed by atoms with Gasteiger partial charge in [-0.05, 0) is 19.1 Å². The molecule has 4 heteroatoms. The number of hydrogen-bond acceptors (Lipinski definition) is 3. The van der Waals surface area contributed by atoms with Crippen LogP contribution in [-0.4, -0.2) is 11.0 Å². The number of nitrogens with two attached hydrogens (primary N) is 1. The minimum absolute atomic E-state index is 0.0434. The molecule has 2 rings (SSSR count). The van der Waals surface area contributed by atoms with Crippen molar-refractivity contribution in [1.29, 1.82) is 0 Å². The molecule has 2 N–H and O–H groups in total. The van der Waals surface area contributed by atoms with Crippen LogP contribution in [-0.2, 0) is 6.42 Å². The van der Waals surface area contributed by atoms with Crippen LogP contribution >= 0.6 is 11.6 Å². The Balaban J connectivity index is 2.46. The van der Waals surface area contributed by atoms with E-state index in [0.717, 1.165) is 5.52 Å². The van der Waals surface area contributed by atoms with Gasteiger partial charge in [0.25, 0.3) is 0 Å². The van der Waals surface area contributed by atoms with Gasteiger partial charge in [-0.25, -0.2) is 4.98 Å². The van der Waals surface area contributed by atoms with Crippen molar-refractivity contribution < 1.29 is 4.42 Å². The molecule has 3 nitrogen and oxygen atoms in total. The number of halogens is 1. The third kappa shape index (κ3) is 1.74. The molecule has 2 aromatic rings. The summed E-state index contributed by atoms with van der Waals surface area (Å²) >= 11 is 5.94. The van der Waals surface area contributed by atoms with Gasteiger partial charge in [0.1, 0.15) is 5.52 Å². The van der Waals surface area contributed by atoms with Crippen molar-refractivity contribution in [3.05, 3.63) is 29.1 Å². The van der Waals surface area contributed by atoms with Gasteiger partial charge in [0, 0.05) is 12.5 Å². The Morgan fingerprint density at radius 2 is 2.36 bits per heavy atom. The number of benzene rings is 1. The van der Waals surface area contributed by atoms with Crippen molar-refractivity contribution in [1.82, 2.24) is 4.98 Å². The number of fused-ring (bicyclic) bond motifs is 1. The molecule has 0 fully saturated rings. The average Bonchev–Trinajstić information content (AvgIpc) is 2.47. The van der Waals surface area contributed by atoms with E-state index in [1.54, 1.807) is 6.07 Å². The summed E-state index contributed by atoms with van der Waals surface area (Å²) in [5.74, 6) is 0.642. The van der Waals surface area contributed by atoms with Crippen molar-refractivity contribution >= 4 is 22.7 Å². The molecule has 0 aliphatic rings. The molecule has 0 spiro atoms. The molecule has 0 aliphatic heterocycles. The SMILES string of the molecule is CC(N)Cc1nc2cccc(Cl)c2o1. The highest BCUT2D eigenvalue weighted by molar-refractivity contribution is 6.34. The molecule has 0 saturated carbocycles. The number of para-hydroxylation sites is 1. The third-order valence-electron chi connectivity index (χ3n) is 1.91. The first-order valence-corrected chi connectivity index (χ1v) is 4.84. The minimum atomic E-state index is 0.0434. The van der Waals surface area contributed by atoms with Gasteiger partial charge in [-0.15, -0.1) is 0 Å². The first-order valence-electron chi connectivity index (χ1n) is 4.46. The second-order valence-corrected chi connectivity index (χ2v) is 3.78. The molecule has 1 aromatic carbocycles. The molecule has 0 amide bonds. The molecule has 14 heavy (non-hydrogen) atoms. The zero-order chi connectivity index (χ0) is 10.1. The quantitative estimate of drug-likeness (QED) is 0.828. The molecule has 0 radical (unpaired) electrons. The zero-order valence-electron chi connectivity index (χ0n) is 7.83. The molecular weight excluding hydrogens is 200 g/mol. The standard InChI is InChI=1S/C10H11ClN2O/c1-6(12)5-9-13-8-4-2-3-7(11)10(8)14-9/h2-4,6H,5,12H2,1H3. The Morgan fingerprint density at radius 3 is 3.00 bits per heavy atom. The molecule has 1 unspecified atom stereocenters. The lowest BCUT2D eigenvalue weighted by Crippen LogP contribution is -2.17. The van der Waals surface area contributed by atoms with Crippen LogP contribution in [0.1, 0.15) is 12.8 Å². The van der Waals surface area contributed by atoms with E-state index in [2.05, 4.69) is 4.98 Å². The highest BCUT2D eigenvalue weighted by Crippen LogP contribution is 2.24. The smallest absolute Gasteiger partial charge is 0.197 e. The molecule has 1 heterocycles. The molecule has 1 aromatic heterocycles. The van der Waals surface area contributed by atoms with Crippen LogP contribution in [0.2, 0.25) is 5.02 Å². The van der Waals surface area contributed by atoms with Gasteiger partial charge in [0.15, 0.2) is 11.5 Å². The lowest BCUT2D eigenvalue weighted by molar-refractivity contribution is 0.507. The highest BCUT2D eigenvalue weighted by Gasteiger charge is 2.09. The van der Waals surface area contributed by atoms with E-state index < -0.39 is 0 Å². The van der Waals surface area contributed by atoms with Gasteiger partial charge in [-0.2, -0.15) is 0 Å². The van der Waals surface area contributed by atoms with Gasteiger partial charge in [0.2, 0.25) is 0 Å². The number of aromatic nitrogens is 1. The lowest BCUT2D eigenvalue weighted by atomic mass is 10.2. The van der Waals surface area contributed by atoms with Crippen molar-refractivity contribution in [2.45, 2.75) is 19.4 Å². The second-order valence-electron chi connectivity index (χ2n) is 3.38. The fourth-order valence-corrected chi connectivity index (χ4v) is 1.53. The predicted octanol–water partition coefficient (Wildman–Crippen LogP) is 2.37. The maximum absolute atomic E-state index is 5.94. The van der Waals surface area contributed by atoms with Gasteiger partial charge in [-0.3, -0.25) is 0 Å². The fourth-order valence-electron chi connectivity index (χ4n) is 1.32. The fraction of sp³-hybridized carbons (Fsp3) is 0.300. The van der Waals surface area contributed by atoms with Gasteiger partial charge in [0.05, 0.1) is 5.02 Å². The normalized spacial score (nSPS) is 13.4. The largest absolute Gasteiger partial charge is 0.439 e. The third-order valence-corrected chi connectivity index (χ3v) is 2.21. The van der Waals surface area contributed by atoms with Gasteiger partial charge >= 0.3 is 0 Å². The molecule has 74 valence electrons. The Kier molecular flexibility index (Phi) is 2.44. The topological polar surface area (TPSA) is 52.0 Å². The van der Waals surface area contributed by atoms with E-state index in [0.29, 0.717) is 22.9 Å².